The fraction of sp³-hybridized carbons (Fsp3) is 0.250. The molecule has 0 saturated heterocycles. The first-order valence-corrected chi connectivity index (χ1v) is 7.53. The largest absolute Gasteiger partial charge is 0.486 e. The number of hydrogen-bond acceptors (Lipinski definition) is 3. The second kappa shape index (κ2) is 6.14. The molecule has 1 atom stereocenters. The molecule has 0 amide bonds. The molecule has 1 heterocycles. The van der Waals surface area contributed by atoms with E-state index in [1.807, 2.05) is 30.3 Å². The van der Waals surface area contributed by atoms with Crippen LogP contribution in [0, 0.1) is 0 Å². The highest BCUT2D eigenvalue weighted by atomic mass is 35.5. The van der Waals surface area contributed by atoms with Gasteiger partial charge in [0.1, 0.15) is 12.7 Å². The molecule has 2 aromatic carbocycles. The summed E-state index contributed by atoms with van der Waals surface area (Å²) in [5, 5.41) is 1.03. The summed E-state index contributed by atoms with van der Waals surface area (Å²) in [5.41, 5.74) is 7.31. The van der Waals surface area contributed by atoms with Gasteiger partial charge < -0.3 is 15.2 Å². The number of fused-ring (bicyclic) bond motifs is 1. The minimum absolute atomic E-state index is 0.0402. The van der Waals surface area contributed by atoms with Gasteiger partial charge in [0, 0.05) is 11.1 Å². The Bertz CT molecular complexity index is 661. The zero-order chi connectivity index (χ0) is 14.8. The average Bonchev–Trinajstić information content (AvgIpc) is 2.50. The van der Waals surface area contributed by atoms with E-state index in [-0.39, 0.29) is 6.10 Å². The van der Waals surface area contributed by atoms with Crippen LogP contribution in [0.1, 0.15) is 6.42 Å². The Morgan fingerprint density at radius 2 is 1.86 bits per heavy atom. The Kier molecular flexibility index (Phi) is 4.24. The van der Waals surface area contributed by atoms with Gasteiger partial charge in [-0.1, -0.05) is 47.5 Å². The molecule has 21 heavy (non-hydrogen) atoms. The Morgan fingerprint density at radius 3 is 2.67 bits per heavy atom. The van der Waals surface area contributed by atoms with E-state index in [1.165, 1.54) is 0 Å². The van der Waals surface area contributed by atoms with E-state index in [0.29, 0.717) is 28.9 Å². The molecule has 0 bridgehead atoms. The van der Waals surface area contributed by atoms with Crippen molar-refractivity contribution in [3.8, 4) is 22.6 Å². The van der Waals surface area contributed by atoms with E-state index in [1.54, 1.807) is 6.07 Å². The maximum atomic E-state index is 6.32. The number of para-hydroxylation sites is 1. The molecule has 1 aliphatic rings. The lowest BCUT2D eigenvalue weighted by molar-refractivity contribution is 0.0873. The Balaban J connectivity index is 2.06. The molecule has 2 N–H and O–H groups in total. The Labute approximate surface area is 133 Å². The van der Waals surface area contributed by atoms with Crippen LogP contribution in [-0.2, 0) is 0 Å². The Hall–Kier alpha value is -1.42. The van der Waals surface area contributed by atoms with Crippen molar-refractivity contribution in [3.05, 3.63) is 46.4 Å². The van der Waals surface area contributed by atoms with Crippen LogP contribution in [-0.4, -0.2) is 19.3 Å². The summed E-state index contributed by atoms with van der Waals surface area (Å²) in [6.07, 6.45) is 0.707. The van der Waals surface area contributed by atoms with Gasteiger partial charge in [0.15, 0.2) is 11.5 Å². The number of nitrogens with two attached hydrogens (primary N) is 1. The number of halogens is 2. The van der Waals surface area contributed by atoms with Crippen molar-refractivity contribution in [1.82, 2.24) is 0 Å². The van der Waals surface area contributed by atoms with Crippen LogP contribution in [0.15, 0.2) is 36.4 Å². The van der Waals surface area contributed by atoms with E-state index >= 15 is 0 Å². The molecule has 1 unspecified atom stereocenters. The van der Waals surface area contributed by atoms with Crippen molar-refractivity contribution in [2.45, 2.75) is 12.5 Å². The summed E-state index contributed by atoms with van der Waals surface area (Å²) < 4.78 is 11.8. The van der Waals surface area contributed by atoms with Crippen LogP contribution in [0.25, 0.3) is 11.1 Å². The number of rotatable bonds is 3. The Morgan fingerprint density at radius 1 is 1.10 bits per heavy atom. The van der Waals surface area contributed by atoms with Crippen LogP contribution >= 0.6 is 23.2 Å². The smallest absolute Gasteiger partial charge is 0.169 e. The van der Waals surface area contributed by atoms with Crippen molar-refractivity contribution in [2.24, 2.45) is 5.73 Å². The van der Waals surface area contributed by atoms with Crippen LogP contribution in [0.5, 0.6) is 11.5 Å². The monoisotopic (exact) mass is 323 g/mol. The van der Waals surface area contributed by atoms with Gasteiger partial charge in [0.2, 0.25) is 0 Å². The molecule has 2 aromatic rings. The minimum atomic E-state index is -0.0402. The molecule has 0 fully saturated rings. The third-order valence-corrected chi connectivity index (χ3v) is 4.24. The molecular formula is C16H15Cl2NO2. The second-order valence-corrected chi connectivity index (χ2v) is 5.65. The highest BCUT2D eigenvalue weighted by Crippen LogP contribution is 2.44. The molecule has 0 radical (unpaired) electrons. The highest BCUT2D eigenvalue weighted by molar-refractivity contribution is 6.43. The van der Waals surface area contributed by atoms with Gasteiger partial charge in [-0.2, -0.15) is 0 Å². The van der Waals surface area contributed by atoms with Crippen molar-refractivity contribution >= 4 is 23.2 Å². The van der Waals surface area contributed by atoms with Crippen LogP contribution < -0.4 is 15.2 Å². The third kappa shape index (κ3) is 2.82. The first kappa shape index (κ1) is 14.5. The first-order valence-electron chi connectivity index (χ1n) is 6.77. The highest BCUT2D eigenvalue weighted by Gasteiger charge is 2.24. The maximum Gasteiger partial charge on any atom is 0.169 e. The zero-order valence-electron chi connectivity index (χ0n) is 11.3. The molecule has 0 saturated carbocycles. The van der Waals surface area contributed by atoms with Crippen LogP contribution in [0.4, 0.5) is 0 Å². The van der Waals surface area contributed by atoms with E-state index in [2.05, 4.69) is 0 Å². The molecular weight excluding hydrogens is 309 g/mol. The van der Waals surface area contributed by atoms with Crippen molar-refractivity contribution in [1.29, 1.82) is 0 Å². The van der Waals surface area contributed by atoms with Crippen molar-refractivity contribution < 1.29 is 9.47 Å². The quantitative estimate of drug-likeness (QED) is 0.922. The molecule has 3 nitrogen and oxygen atoms in total. The fourth-order valence-electron chi connectivity index (χ4n) is 2.39. The molecule has 0 aliphatic carbocycles. The van der Waals surface area contributed by atoms with E-state index < -0.39 is 0 Å². The number of hydrogen-bond donors (Lipinski definition) is 1. The molecule has 1 aliphatic heterocycles. The molecule has 5 heteroatoms. The first-order chi connectivity index (χ1) is 10.2. The van der Waals surface area contributed by atoms with Crippen molar-refractivity contribution in [3.63, 3.8) is 0 Å². The van der Waals surface area contributed by atoms with Gasteiger partial charge >= 0.3 is 0 Å². The van der Waals surface area contributed by atoms with E-state index in [0.717, 1.165) is 23.3 Å². The van der Waals surface area contributed by atoms with E-state index in [9.17, 15) is 0 Å². The van der Waals surface area contributed by atoms with Gasteiger partial charge in [-0.3, -0.25) is 0 Å². The van der Waals surface area contributed by atoms with Gasteiger partial charge in [0.05, 0.1) is 10.0 Å². The molecule has 0 aromatic heterocycles. The molecule has 3 rings (SSSR count). The summed E-state index contributed by atoms with van der Waals surface area (Å²) >= 11 is 12.4. The lowest BCUT2D eigenvalue weighted by Crippen LogP contribution is -2.31. The number of benzene rings is 2. The van der Waals surface area contributed by atoms with Gasteiger partial charge in [-0.15, -0.1) is 0 Å². The topological polar surface area (TPSA) is 44.5 Å². The molecule has 110 valence electrons. The SMILES string of the molecule is NCCC1COc2cccc(-c3cccc(Cl)c3Cl)c2O1. The standard InChI is InChI=1S/C16H15Cl2NO2/c17-13-5-1-3-11(15(13)18)12-4-2-6-14-16(12)21-10(7-8-19)9-20-14/h1-6,10H,7-9,19H2. The summed E-state index contributed by atoms with van der Waals surface area (Å²) in [4.78, 5) is 0. The van der Waals surface area contributed by atoms with Crippen LogP contribution in [0.2, 0.25) is 10.0 Å². The lowest BCUT2D eigenvalue weighted by Gasteiger charge is -2.28. The average molecular weight is 324 g/mol. The summed E-state index contributed by atoms with van der Waals surface area (Å²) in [5.74, 6) is 1.42. The summed E-state index contributed by atoms with van der Waals surface area (Å²) in [7, 11) is 0. The predicted molar refractivity (Wildman–Crippen MR) is 85.5 cm³/mol. The molecule has 0 spiro atoms. The summed E-state index contributed by atoms with van der Waals surface area (Å²) in [6.45, 7) is 1.07. The number of ether oxygens (including phenoxy) is 2. The van der Waals surface area contributed by atoms with Gasteiger partial charge in [-0.25, -0.2) is 0 Å². The maximum absolute atomic E-state index is 6.32. The normalized spacial score (nSPS) is 16.8. The fourth-order valence-corrected chi connectivity index (χ4v) is 2.79. The second-order valence-electron chi connectivity index (χ2n) is 4.86. The lowest BCUT2D eigenvalue weighted by atomic mass is 10.0. The van der Waals surface area contributed by atoms with Gasteiger partial charge in [0.25, 0.3) is 0 Å². The zero-order valence-corrected chi connectivity index (χ0v) is 12.8. The predicted octanol–water partition coefficient (Wildman–Crippen LogP) is 4.15. The summed E-state index contributed by atoms with van der Waals surface area (Å²) in [6, 6.07) is 11.3. The van der Waals surface area contributed by atoms with Gasteiger partial charge in [-0.05, 0) is 25.1 Å². The van der Waals surface area contributed by atoms with Crippen LogP contribution in [0.3, 0.4) is 0 Å². The third-order valence-electron chi connectivity index (χ3n) is 3.42. The van der Waals surface area contributed by atoms with Crippen molar-refractivity contribution in [2.75, 3.05) is 13.2 Å². The minimum Gasteiger partial charge on any atom is -0.486 e. The van der Waals surface area contributed by atoms with E-state index in [4.69, 9.17) is 38.4 Å².